The average Bonchev–Trinajstić information content (AvgIpc) is 2.53. The zero-order valence-electron chi connectivity index (χ0n) is 10.2. The monoisotopic (exact) mass is 246 g/mol. The molecule has 0 aliphatic carbocycles. The van der Waals surface area contributed by atoms with Crippen LogP contribution in [0.5, 0.6) is 0 Å². The van der Waals surface area contributed by atoms with Gasteiger partial charge in [0, 0.05) is 0 Å². The molecule has 2 heterocycles. The van der Waals surface area contributed by atoms with Crippen molar-refractivity contribution >= 4 is 0 Å². The van der Waals surface area contributed by atoms with Gasteiger partial charge in [0.1, 0.15) is 30.9 Å². The summed E-state index contributed by atoms with van der Waals surface area (Å²) in [6, 6.07) is -0.355. The van der Waals surface area contributed by atoms with E-state index in [-0.39, 0.29) is 12.6 Å². The lowest BCUT2D eigenvalue weighted by molar-refractivity contribution is -0.963. The van der Waals surface area contributed by atoms with Crippen molar-refractivity contribution in [2.75, 3.05) is 26.2 Å². The first kappa shape index (κ1) is 13.2. The van der Waals surface area contributed by atoms with Gasteiger partial charge in [-0.25, -0.2) is 0 Å². The van der Waals surface area contributed by atoms with Gasteiger partial charge in [0.05, 0.1) is 19.7 Å². The lowest BCUT2D eigenvalue weighted by Gasteiger charge is -2.51. The number of piperidine rings is 1. The molecule has 0 aromatic carbocycles. The first-order valence-corrected chi connectivity index (χ1v) is 6.61. The standard InChI is InChI=1S/C12H24NO4/c14-8-9-11(16)12(17)10(15)7-13(9)5-3-1-2-4-6-13/h9-12,14-17H,1-8H2/q+1/t9-,10+,11-,12-/m1/s1. The predicted octanol–water partition coefficient (Wildman–Crippen LogP) is -1.17. The van der Waals surface area contributed by atoms with E-state index in [0.717, 1.165) is 25.9 Å². The van der Waals surface area contributed by atoms with Gasteiger partial charge in [0.15, 0.2) is 0 Å². The van der Waals surface area contributed by atoms with Gasteiger partial charge in [-0.1, -0.05) is 0 Å². The summed E-state index contributed by atoms with van der Waals surface area (Å²) in [7, 11) is 0. The molecule has 0 aromatic heterocycles. The van der Waals surface area contributed by atoms with Gasteiger partial charge in [-0.05, 0) is 25.7 Å². The molecule has 0 radical (unpaired) electrons. The molecule has 5 heteroatoms. The van der Waals surface area contributed by atoms with Crippen molar-refractivity contribution in [1.82, 2.24) is 0 Å². The van der Waals surface area contributed by atoms with Crippen molar-refractivity contribution in [3.8, 4) is 0 Å². The molecule has 2 fully saturated rings. The van der Waals surface area contributed by atoms with Crippen molar-refractivity contribution in [1.29, 1.82) is 0 Å². The average molecular weight is 246 g/mol. The Morgan fingerprint density at radius 2 is 1.47 bits per heavy atom. The third-order valence-electron chi connectivity index (χ3n) is 4.54. The minimum atomic E-state index is -1.13. The zero-order valence-corrected chi connectivity index (χ0v) is 10.2. The van der Waals surface area contributed by atoms with Crippen LogP contribution >= 0.6 is 0 Å². The zero-order chi connectivity index (χ0) is 12.5. The van der Waals surface area contributed by atoms with Crippen LogP contribution in [0.3, 0.4) is 0 Å². The minimum absolute atomic E-state index is 0.134. The molecule has 2 rings (SSSR count). The second-order valence-electron chi connectivity index (χ2n) is 5.56. The van der Waals surface area contributed by atoms with E-state index >= 15 is 0 Å². The molecule has 17 heavy (non-hydrogen) atoms. The molecule has 2 saturated heterocycles. The van der Waals surface area contributed by atoms with E-state index < -0.39 is 18.3 Å². The summed E-state index contributed by atoms with van der Waals surface area (Å²) in [5, 5.41) is 39.1. The van der Waals surface area contributed by atoms with Crippen LogP contribution in [0, 0.1) is 0 Å². The second kappa shape index (κ2) is 5.20. The summed E-state index contributed by atoms with van der Waals surface area (Å²) in [4.78, 5) is 0. The minimum Gasteiger partial charge on any atom is -0.390 e. The number of nitrogens with zero attached hydrogens (tertiary/aromatic N) is 1. The normalized spacial score (nSPS) is 42.4. The number of rotatable bonds is 1. The first-order chi connectivity index (χ1) is 8.10. The maximum Gasteiger partial charge on any atom is 0.141 e. The highest BCUT2D eigenvalue weighted by atomic mass is 16.4. The Labute approximate surface area is 102 Å². The molecule has 4 atom stereocenters. The van der Waals surface area contributed by atoms with Gasteiger partial charge in [0.2, 0.25) is 0 Å². The molecule has 100 valence electrons. The molecule has 0 aromatic rings. The molecular formula is C12H24NO4+. The van der Waals surface area contributed by atoms with Gasteiger partial charge in [-0.2, -0.15) is 0 Å². The summed E-state index contributed by atoms with van der Waals surface area (Å²) >= 11 is 0. The first-order valence-electron chi connectivity index (χ1n) is 6.61. The van der Waals surface area contributed by atoms with Crippen molar-refractivity contribution in [2.45, 2.75) is 50.0 Å². The van der Waals surface area contributed by atoms with Gasteiger partial charge >= 0.3 is 0 Å². The molecule has 0 bridgehead atoms. The fraction of sp³-hybridized carbons (Fsp3) is 1.00. The molecule has 0 amide bonds. The van der Waals surface area contributed by atoms with E-state index in [1.807, 2.05) is 0 Å². The molecule has 5 nitrogen and oxygen atoms in total. The van der Waals surface area contributed by atoms with E-state index in [4.69, 9.17) is 0 Å². The van der Waals surface area contributed by atoms with Crippen molar-refractivity contribution < 1.29 is 24.9 Å². The van der Waals surface area contributed by atoms with Crippen LogP contribution in [0.2, 0.25) is 0 Å². The van der Waals surface area contributed by atoms with Crippen LogP contribution < -0.4 is 0 Å². The molecule has 4 N–H and O–H groups in total. The fourth-order valence-electron chi connectivity index (χ4n) is 3.51. The Balaban J connectivity index is 2.22. The van der Waals surface area contributed by atoms with Crippen LogP contribution in [-0.2, 0) is 0 Å². The van der Waals surface area contributed by atoms with Crippen LogP contribution in [0.25, 0.3) is 0 Å². The molecule has 0 unspecified atom stereocenters. The number of hydrogen-bond donors (Lipinski definition) is 4. The number of aliphatic hydroxyl groups excluding tert-OH is 4. The summed E-state index contributed by atoms with van der Waals surface area (Å²) in [6.45, 7) is 2.08. The Morgan fingerprint density at radius 3 is 2.00 bits per heavy atom. The summed E-state index contributed by atoms with van der Waals surface area (Å²) in [5.41, 5.74) is 0. The second-order valence-corrected chi connectivity index (χ2v) is 5.56. The van der Waals surface area contributed by atoms with Crippen LogP contribution in [0.15, 0.2) is 0 Å². The number of aliphatic hydroxyl groups is 4. The molecule has 0 saturated carbocycles. The van der Waals surface area contributed by atoms with E-state index in [1.165, 1.54) is 12.8 Å². The molecule has 1 spiro atoms. The Morgan fingerprint density at radius 1 is 0.882 bits per heavy atom. The van der Waals surface area contributed by atoms with Crippen molar-refractivity contribution in [2.24, 2.45) is 0 Å². The quantitative estimate of drug-likeness (QED) is 0.440. The Bertz CT molecular complexity index is 253. The highest BCUT2D eigenvalue weighted by Crippen LogP contribution is 2.30. The molecule has 2 aliphatic rings. The Hall–Kier alpha value is -0.200. The number of hydrogen-bond acceptors (Lipinski definition) is 4. The molecule has 2 aliphatic heterocycles. The fourth-order valence-corrected chi connectivity index (χ4v) is 3.51. The van der Waals surface area contributed by atoms with Gasteiger partial charge in [-0.15, -0.1) is 0 Å². The van der Waals surface area contributed by atoms with Crippen LogP contribution in [0.1, 0.15) is 25.7 Å². The van der Waals surface area contributed by atoms with E-state index in [0.29, 0.717) is 11.0 Å². The maximum absolute atomic E-state index is 10.0. The highest BCUT2D eigenvalue weighted by molar-refractivity contribution is 4.88. The van der Waals surface area contributed by atoms with Gasteiger partial charge < -0.3 is 24.9 Å². The third-order valence-corrected chi connectivity index (χ3v) is 4.54. The summed E-state index contributed by atoms with van der Waals surface area (Å²) in [5.74, 6) is 0. The SMILES string of the molecule is OC[C@@H]1[C@@H](O)[C@H](O)[C@@H](O)C[N+]12CCCCCC2. The largest absolute Gasteiger partial charge is 0.390 e. The number of quaternary nitrogens is 1. The highest BCUT2D eigenvalue weighted by Gasteiger charge is 2.51. The third kappa shape index (κ3) is 2.35. The summed E-state index contributed by atoms with van der Waals surface area (Å²) < 4.78 is 0.565. The van der Waals surface area contributed by atoms with E-state index in [1.54, 1.807) is 0 Å². The van der Waals surface area contributed by atoms with Crippen molar-refractivity contribution in [3.63, 3.8) is 0 Å². The van der Waals surface area contributed by atoms with Crippen LogP contribution in [0.4, 0.5) is 0 Å². The van der Waals surface area contributed by atoms with Crippen molar-refractivity contribution in [3.05, 3.63) is 0 Å². The topological polar surface area (TPSA) is 80.9 Å². The maximum atomic E-state index is 10.0. The predicted molar refractivity (Wildman–Crippen MR) is 62.2 cm³/mol. The Kier molecular flexibility index (Phi) is 4.05. The smallest absolute Gasteiger partial charge is 0.141 e. The van der Waals surface area contributed by atoms with Gasteiger partial charge in [0.25, 0.3) is 0 Å². The van der Waals surface area contributed by atoms with E-state index in [9.17, 15) is 20.4 Å². The van der Waals surface area contributed by atoms with Gasteiger partial charge in [-0.3, -0.25) is 0 Å². The summed E-state index contributed by atoms with van der Waals surface area (Å²) in [6.07, 6.45) is 1.43. The van der Waals surface area contributed by atoms with E-state index in [2.05, 4.69) is 0 Å². The lowest BCUT2D eigenvalue weighted by atomic mass is 9.90. The lowest BCUT2D eigenvalue weighted by Crippen LogP contribution is -2.72. The van der Waals surface area contributed by atoms with Crippen LogP contribution in [-0.4, -0.2) is 75.5 Å². The molecular weight excluding hydrogens is 222 g/mol.